The molecular weight excluding hydrogens is 731 g/mol. The van der Waals surface area contributed by atoms with E-state index in [1.54, 1.807) is 0 Å². The second-order valence-corrected chi connectivity index (χ2v) is 36.1. The molecule has 1 N–H and O–H groups in total. The van der Waals surface area contributed by atoms with Crippen molar-refractivity contribution in [3.63, 3.8) is 0 Å². The Hall–Kier alpha value is -1.35. The number of nitrogens with one attached hydrogen (secondary N) is 1. The zero-order valence-electron chi connectivity index (χ0n) is 36.4. The molecule has 2 rings (SSSR count). The summed E-state index contributed by atoms with van der Waals surface area (Å²) in [6, 6.07) is 10.7. The molecule has 5 atom stereocenters. The maximum atomic E-state index is 12.1. The molecule has 1 aliphatic rings. The molecular formula is C42H77NO6SSi3. The van der Waals surface area contributed by atoms with E-state index < -0.39 is 40.9 Å². The largest absolute Gasteiger partial charge is 0.414 e. The molecule has 1 aromatic carbocycles. The minimum Gasteiger partial charge on any atom is -0.414 e. The van der Waals surface area contributed by atoms with E-state index >= 15 is 0 Å². The third-order valence-electron chi connectivity index (χ3n) is 12.4. The molecule has 1 saturated carbocycles. The average Bonchev–Trinajstić information content (AvgIpc) is 3.27. The number of carbonyl (C=O) groups is 1. The van der Waals surface area contributed by atoms with Crippen LogP contribution in [-0.4, -0.2) is 63.8 Å². The highest BCUT2D eigenvalue weighted by Gasteiger charge is 2.50. The number of benzene rings is 1. The summed E-state index contributed by atoms with van der Waals surface area (Å²) in [7, 11) is -9.85. The highest BCUT2D eigenvalue weighted by Crippen LogP contribution is 2.48. The molecule has 0 radical (unpaired) electrons. The monoisotopic (exact) mass is 807 g/mol. The first-order valence-electron chi connectivity index (χ1n) is 19.9. The van der Waals surface area contributed by atoms with Gasteiger partial charge in [0.1, 0.15) is 0 Å². The Morgan fingerprint density at radius 3 is 1.87 bits per heavy atom. The van der Waals surface area contributed by atoms with Gasteiger partial charge in [-0.3, -0.25) is 9.52 Å². The Morgan fingerprint density at radius 2 is 1.36 bits per heavy atom. The Balaban J connectivity index is 2.54. The van der Waals surface area contributed by atoms with Crippen LogP contribution >= 0.6 is 0 Å². The van der Waals surface area contributed by atoms with Crippen LogP contribution in [0.1, 0.15) is 106 Å². The Bertz CT molecular complexity index is 1470. The summed E-state index contributed by atoms with van der Waals surface area (Å²) >= 11 is 0. The number of allylic oxidation sites excluding steroid dienone is 2. The lowest BCUT2D eigenvalue weighted by Crippen LogP contribution is -2.45. The van der Waals surface area contributed by atoms with Gasteiger partial charge in [-0.2, -0.15) is 0 Å². The van der Waals surface area contributed by atoms with E-state index in [-0.39, 0.29) is 51.7 Å². The lowest BCUT2D eigenvalue weighted by molar-refractivity contribution is -0.119. The van der Waals surface area contributed by atoms with Gasteiger partial charge in [0.25, 0.3) is 0 Å². The van der Waals surface area contributed by atoms with Crippen LogP contribution in [0.2, 0.25) is 54.4 Å². The van der Waals surface area contributed by atoms with Crippen LogP contribution in [-0.2, 0) is 34.5 Å². The lowest BCUT2D eigenvalue weighted by Gasteiger charge is -2.40. The van der Waals surface area contributed by atoms with Crippen LogP contribution < -0.4 is 4.72 Å². The van der Waals surface area contributed by atoms with Crippen molar-refractivity contribution in [3.8, 4) is 0 Å². The molecule has 1 aliphatic carbocycles. The molecule has 7 nitrogen and oxygen atoms in total. The van der Waals surface area contributed by atoms with Gasteiger partial charge in [0, 0.05) is 12.3 Å². The number of aryl methyl sites for hydroxylation is 1. The van der Waals surface area contributed by atoms with E-state index in [9.17, 15) is 13.2 Å². The molecule has 0 aromatic heterocycles. The zero-order valence-corrected chi connectivity index (χ0v) is 40.2. The SMILES string of the molecule is CC(C)(C)[Si](C)(C)O[C@H](/C=C/[C@@H]1[C@@H](C/C=C/CCCC(=O)NS(C)(=O)=O)[C@@H](O[Si](C)(C)C(C)(C)C)C[C@H]1O[Si](C)(C)C(C)(C)C)CCc1ccccc1. The zero-order chi connectivity index (χ0) is 40.7. The van der Waals surface area contributed by atoms with E-state index in [1.807, 2.05) is 0 Å². The van der Waals surface area contributed by atoms with Crippen LogP contribution in [0.25, 0.3) is 0 Å². The molecule has 1 aromatic rings. The number of hydrogen-bond acceptors (Lipinski definition) is 6. The second-order valence-electron chi connectivity index (χ2n) is 20.0. The third kappa shape index (κ3) is 15.3. The van der Waals surface area contributed by atoms with Crippen molar-refractivity contribution >= 4 is 40.9 Å². The molecule has 0 bridgehead atoms. The van der Waals surface area contributed by atoms with Crippen molar-refractivity contribution in [2.24, 2.45) is 11.8 Å². The number of amides is 1. The summed E-state index contributed by atoms with van der Waals surface area (Å²) in [5, 5.41) is 0.235. The number of carbonyl (C=O) groups excluding carboxylic acids is 1. The molecule has 0 aliphatic heterocycles. The fourth-order valence-corrected chi connectivity index (χ4v) is 10.6. The van der Waals surface area contributed by atoms with Crippen molar-refractivity contribution in [3.05, 3.63) is 60.2 Å². The summed E-state index contributed by atoms with van der Waals surface area (Å²) in [5.74, 6) is -0.106. The van der Waals surface area contributed by atoms with Crippen molar-refractivity contribution in [1.29, 1.82) is 0 Å². The highest BCUT2D eigenvalue weighted by atomic mass is 32.2. The van der Waals surface area contributed by atoms with Crippen LogP contribution in [0.4, 0.5) is 0 Å². The summed E-state index contributed by atoms with van der Waals surface area (Å²) in [6.07, 6.45) is 15.3. The van der Waals surface area contributed by atoms with Gasteiger partial charge in [0.2, 0.25) is 15.9 Å². The minimum atomic E-state index is -3.55. The fourth-order valence-electron chi connectivity index (χ4n) is 6.00. The quantitative estimate of drug-likeness (QED) is 0.0902. The molecule has 0 heterocycles. The molecule has 0 unspecified atom stereocenters. The van der Waals surface area contributed by atoms with Gasteiger partial charge < -0.3 is 13.3 Å². The molecule has 0 spiro atoms. The van der Waals surface area contributed by atoms with E-state index in [0.717, 1.165) is 31.9 Å². The molecule has 11 heteroatoms. The average molecular weight is 808 g/mol. The number of unbranched alkanes of at least 4 members (excludes halogenated alkanes) is 1. The minimum absolute atomic E-state index is 0.0146. The number of sulfonamides is 1. The van der Waals surface area contributed by atoms with E-state index in [0.29, 0.717) is 12.8 Å². The Labute approximate surface area is 329 Å². The Kier molecular flexibility index (Phi) is 16.9. The number of rotatable bonds is 18. The van der Waals surface area contributed by atoms with Gasteiger partial charge in [-0.05, 0) is 104 Å². The topological polar surface area (TPSA) is 90.9 Å². The summed E-state index contributed by atoms with van der Waals surface area (Å²) in [5.41, 5.74) is 1.32. The Morgan fingerprint density at radius 1 is 0.830 bits per heavy atom. The van der Waals surface area contributed by atoms with Crippen LogP contribution in [0.15, 0.2) is 54.6 Å². The van der Waals surface area contributed by atoms with Gasteiger partial charge in [0.05, 0.1) is 24.6 Å². The normalized spacial score (nSPS) is 21.8. The van der Waals surface area contributed by atoms with E-state index in [4.69, 9.17) is 13.3 Å². The van der Waals surface area contributed by atoms with Gasteiger partial charge in [-0.15, -0.1) is 0 Å². The lowest BCUT2D eigenvalue weighted by atomic mass is 9.89. The summed E-state index contributed by atoms with van der Waals surface area (Å²) in [6.45, 7) is 34.9. The molecule has 1 amide bonds. The highest BCUT2D eigenvalue weighted by molar-refractivity contribution is 7.89. The second kappa shape index (κ2) is 18.7. The van der Waals surface area contributed by atoms with Crippen molar-refractivity contribution in [2.75, 3.05) is 6.26 Å². The van der Waals surface area contributed by atoms with Gasteiger partial charge in [-0.25, -0.2) is 8.42 Å². The summed E-state index contributed by atoms with van der Waals surface area (Å²) in [4.78, 5) is 12.1. The molecule has 1 fully saturated rings. The van der Waals surface area contributed by atoms with E-state index in [2.05, 4.69) is 161 Å². The maximum absolute atomic E-state index is 12.1. The smallest absolute Gasteiger partial charge is 0.233 e. The van der Waals surface area contributed by atoms with Gasteiger partial charge in [0.15, 0.2) is 25.0 Å². The molecule has 0 saturated heterocycles. The number of hydrogen-bond donors (Lipinski definition) is 1. The van der Waals surface area contributed by atoms with Crippen LogP contribution in [0.3, 0.4) is 0 Å². The first-order valence-corrected chi connectivity index (χ1v) is 30.5. The van der Waals surface area contributed by atoms with Crippen molar-refractivity contribution in [1.82, 2.24) is 4.72 Å². The van der Waals surface area contributed by atoms with Crippen molar-refractivity contribution in [2.45, 2.75) is 180 Å². The van der Waals surface area contributed by atoms with Crippen LogP contribution in [0.5, 0.6) is 0 Å². The molecule has 304 valence electrons. The first kappa shape index (κ1) is 47.8. The van der Waals surface area contributed by atoms with Gasteiger partial charge in [-0.1, -0.05) is 117 Å². The van der Waals surface area contributed by atoms with Crippen molar-refractivity contribution < 1.29 is 26.5 Å². The third-order valence-corrected chi connectivity index (χ3v) is 26.5. The van der Waals surface area contributed by atoms with E-state index in [1.165, 1.54) is 5.56 Å². The molecule has 53 heavy (non-hydrogen) atoms. The maximum Gasteiger partial charge on any atom is 0.233 e. The van der Waals surface area contributed by atoms with Gasteiger partial charge >= 0.3 is 0 Å². The first-order chi connectivity index (χ1) is 24.0. The fraction of sp³-hybridized carbons (Fsp3) is 0.738. The predicted octanol–water partition coefficient (Wildman–Crippen LogP) is 11.2. The van der Waals surface area contributed by atoms with Crippen LogP contribution in [0, 0.1) is 11.8 Å². The predicted molar refractivity (Wildman–Crippen MR) is 232 cm³/mol. The summed E-state index contributed by atoms with van der Waals surface area (Å²) < 4.78 is 46.8. The standard InChI is InChI=1S/C42H77NO6SSi3/c1-40(2,3)51(11,12)47-34(29-28-33-24-20-19-21-25-33)30-31-36-35(26-22-17-18-23-27-39(44)43-50(10,45)46)37(48-52(13,14)41(4,5)6)32-38(36)49-53(15,16)42(7,8)9/h17,19-22,24-25,30-31,34-38H,18,23,26-29,32H2,1-16H3,(H,43,44)/b22-17+,31-30+/t34-,35+,36+,37-,38+/m0/s1.